The molecule has 1 atom stereocenters. The minimum Gasteiger partial charge on any atom is -0.311 e. The molecule has 0 radical (unpaired) electrons. The monoisotopic (exact) mass is 414 g/mol. The number of carbonyl (C=O) groups excluding carboxylic acids is 1. The number of benzene rings is 1. The van der Waals surface area contributed by atoms with E-state index in [4.69, 9.17) is 16.7 Å². The predicted octanol–water partition coefficient (Wildman–Crippen LogP) is 1.59. The standard InChI is InChI=1S/C11H12ClIN2O3S/c12-8-1-2-9(13)10(4-8)15-5-7(3-11(15)16)6-19(14,17)18/h1-2,4,7H,3,5-6H2,(H2,14,17,18). The lowest BCUT2D eigenvalue weighted by molar-refractivity contribution is -0.117. The normalized spacial score (nSPS) is 20.1. The van der Waals surface area contributed by atoms with Gasteiger partial charge in [-0.3, -0.25) is 4.79 Å². The van der Waals surface area contributed by atoms with Crippen LogP contribution in [0.4, 0.5) is 5.69 Å². The van der Waals surface area contributed by atoms with Gasteiger partial charge in [0.1, 0.15) is 0 Å². The molecule has 1 aliphatic rings. The fourth-order valence-corrected chi connectivity index (χ4v) is 3.82. The van der Waals surface area contributed by atoms with Crippen molar-refractivity contribution in [3.8, 4) is 0 Å². The summed E-state index contributed by atoms with van der Waals surface area (Å²) in [6, 6.07) is 5.27. The van der Waals surface area contributed by atoms with E-state index < -0.39 is 10.0 Å². The summed E-state index contributed by atoms with van der Waals surface area (Å²) in [5, 5.41) is 5.56. The zero-order chi connectivity index (χ0) is 14.2. The van der Waals surface area contributed by atoms with Crippen LogP contribution in [-0.2, 0) is 14.8 Å². The smallest absolute Gasteiger partial charge is 0.227 e. The SMILES string of the molecule is NS(=O)(=O)CC1CC(=O)N(c2cc(Cl)ccc2I)C1. The summed E-state index contributed by atoms with van der Waals surface area (Å²) in [5.74, 6) is -0.544. The lowest BCUT2D eigenvalue weighted by atomic mass is 10.1. The number of anilines is 1. The Hall–Kier alpha value is -0.380. The second-order valence-electron chi connectivity index (χ2n) is 4.50. The summed E-state index contributed by atoms with van der Waals surface area (Å²) in [5.41, 5.74) is 0.718. The molecular formula is C11H12ClIN2O3S. The fourth-order valence-electron chi connectivity index (χ4n) is 2.15. The topological polar surface area (TPSA) is 80.5 Å². The molecule has 2 rings (SSSR count). The van der Waals surface area contributed by atoms with Gasteiger partial charge < -0.3 is 4.90 Å². The third kappa shape index (κ3) is 3.80. The molecule has 1 aliphatic heterocycles. The third-order valence-corrected chi connectivity index (χ3v) is 4.96. The van der Waals surface area contributed by atoms with Crippen LogP contribution in [0.5, 0.6) is 0 Å². The lowest BCUT2D eigenvalue weighted by Crippen LogP contribution is -2.28. The number of hydrogen-bond donors (Lipinski definition) is 1. The molecule has 1 fully saturated rings. The van der Waals surface area contributed by atoms with Gasteiger partial charge in [-0.05, 0) is 40.8 Å². The molecule has 5 nitrogen and oxygen atoms in total. The van der Waals surface area contributed by atoms with Crippen molar-refractivity contribution in [2.45, 2.75) is 6.42 Å². The Labute approximate surface area is 130 Å². The number of sulfonamides is 1. The van der Waals surface area contributed by atoms with Crippen LogP contribution in [0.15, 0.2) is 18.2 Å². The summed E-state index contributed by atoms with van der Waals surface area (Å²) < 4.78 is 23.1. The Morgan fingerprint density at radius 3 is 2.79 bits per heavy atom. The molecule has 1 aromatic carbocycles. The third-order valence-electron chi connectivity index (χ3n) is 2.87. The van der Waals surface area contributed by atoms with Gasteiger partial charge in [-0.25, -0.2) is 13.6 Å². The van der Waals surface area contributed by atoms with Crippen molar-refractivity contribution in [2.24, 2.45) is 11.1 Å². The average Bonchev–Trinajstić information content (AvgIpc) is 2.60. The second-order valence-corrected chi connectivity index (χ2v) is 7.76. The molecular weight excluding hydrogens is 403 g/mol. The first-order valence-electron chi connectivity index (χ1n) is 5.52. The largest absolute Gasteiger partial charge is 0.311 e. The maximum atomic E-state index is 12.0. The first kappa shape index (κ1) is 15.0. The average molecular weight is 415 g/mol. The predicted molar refractivity (Wildman–Crippen MR) is 82.6 cm³/mol. The maximum Gasteiger partial charge on any atom is 0.227 e. The molecule has 1 amide bonds. The van der Waals surface area contributed by atoms with E-state index in [-0.39, 0.29) is 24.0 Å². The summed E-state index contributed by atoms with van der Waals surface area (Å²) in [6.45, 7) is 0.353. The molecule has 0 bridgehead atoms. The summed E-state index contributed by atoms with van der Waals surface area (Å²) >= 11 is 8.05. The number of carbonyl (C=O) groups is 1. The maximum absolute atomic E-state index is 12.0. The summed E-state index contributed by atoms with van der Waals surface area (Å²) in [7, 11) is -3.56. The Balaban J connectivity index is 2.23. The first-order chi connectivity index (χ1) is 8.76. The van der Waals surface area contributed by atoms with Gasteiger partial charge in [-0.15, -0.1) is 0 Å². The van der Waals surface area contributed by atoms with E-state index in [0.717, 1.165) is 9.26 Å². The molecule has 1 saturated heterocycles. The van der Waals surface area contributed by atoms with Crippen LogP contribution in [0.1, 0.15) is 6.42 Å². The Morgan fingerprint density at radius 1 is 1.47 bits per heavy atom. The number of rotatable bonds is 3. The van der Waals surface area contributed by atoms with E-state index in [1.165, 1.54) is 0 Å². The van der Waals surface area contributed by atoms with Crippen LogP contribution >= 0.6 is 34.2 Å². The van der Waals surface area contributed by atoms with Crippen LogP contribution in [0, 0.1) is 9.49 Å². The van der Waals surface area contributed by atoms with E-state index in [1.54, 1.807) is 17.0 Å². The second kappa shape index (κ2) is 5.55. The van der Waals surface area contributed by atoms with Crippen LogP contribution in [0.25, 0.3) is 0 Å². The van der Waals surface area contributed by atoms with Gasteiger partial charge in [0.05, 0.1) is 11.4 Å². The number of amides is 1. The fraction of sp³-hybridized carbons (Fsp3) is 0.364. The molecule has 0 spiro atoms. The molecule has 19 heavy (non-hydrogen) atoms. The van der Waals surface area contributed by atoms with Crippen molar-refractivity contribution in [1.82, 2.24) is 0 Å². The van der Waals surface area contributed by atoms with E-state index in [0.29, 0.717) is 11.6 Å². The molecule has 0 aromatic heterocycles. The number of primary sulfonamides is 1. The van der Waals surface area contributed by atoms with E-state index in [9.17, 15) is 13.2 Å². The van der Waals surface area contributed by atoms with Crippen LogP contribution in [0.2, 0.25) is 5.02 Å². The van der Waals surface area contributed by atoms with E-state index in [1.807, 2.05) is 6.07 Å². The molecule has 8 heteroatoms. The minimum absolute atomic E-state index is 0.103. The van der Waals surface area contributed by atoms with Crippen molar-refractivity contribution in [2.75, 3.05) is 17.2 Å². The zero-order valence-corrected chi connectivity index (χ0v) is 13.6. The Bertz CT molecular complexity index is 620. The number of nitrogens with zero attached hydrogens (tertiary/aromatic N) is 1. The molecule has 0 saturated carbocycles. The van der Waals surface area contributed by atoms with Gasteiger partial charge in [0.2, 0.25) is 15.9 Å². The number of hydrogen-bond acceptors (Lipinski definition) is 3. The number of nitrogens with two attached hydrogens (primary N) is 1. The molecule has 0 aliphatic carbocycles. The number of halogens is 2. The molecule has 104 valence electrons. The molecule has 2 N–H and O–H groups in total. The summed E-state index contributed by atoms with van der Waals surface area (Å²) in [6.07, 6.45) is 0.193. The highest BCUT2D eigenvalue weighted by molar-refractivity contribution is 14.1. The van der Waals surface area contributed by atoms with Gasteiger partial charge in [0.25, 0.3) is 0 Å². The van der Waals surface area contributed by atoms with Gasteiger partial charge in [0, 0.05) is 27.5 Å². The van der Waals surface area contributed by atoms with Gasteiger partial charge >= 0.3 is 0 Å². The van der Waals surface area contributed by atoms with Crippen molar-refractivity contribution < 1.29 is 13.2 Å². The first-order valence-corrected chi connectivity index (χ1v) is 8.69. The van der Waals surface area contributed by atoms with Gasteiger partial charge in [0.15, 0.2) is 0 Å². The minimum atomic E-state index is -3.56. The van der Waals surface area contributed by atoms with Crippen molar-refractivity contribution in [3.63, 3.8) is 0 Å². The highest BCUT2D eigenvalue weighted by Gasteiger charge is 2.33. The van der Waals surface area contributed by atoms with Crippen molar-refractivity contribution in [3.05, 3.63) is 26.8 Å². The lowest BCUT2D eigenvalue weighted by Gasteiger charge is -2.18. The molecule has 1 aromatic rings. The van der Waals surface area contributed by atoms with Crippen molar-refractivity contribution in [1.29, 1.82) is 0 Å². The van der Waals surface area contributed by atoms with Crippen molar-refractivity contribution >= 4 is 55.8 Å². The molecule has 1 unspecified atom stereocenters. The van der Waals surface area contributed by atoms with E-state index >= 15 is 0 Å². The highest BCUT2D eigenvalue weighted by Crippen LogP contribution is 2.31. The Kier molecular flexibility index (Phi) is 4.38. The summed E-state index contributed by atoms with van der Waals surface area (Å²) in [4.78, 5) is 13.6. The Morgan fingerprint density at radius 2 is 2.16 bits per heavy atom. The van der Waals surface area contributed by atoms with Crippen LogP contribution in [-0.4, -0.2) is 26.6 Å². The zero-order valence-electron chi connectivity index (χ0n) is 9.84. The molecule has 1 heterocycles. The highest BCUT2D eigenvalue weighted by atomic mass is 127. The van der Waals surface area contributed by atoms with Gasteiger partial charge in [-0.1, -0.05) is 11.6 Å². The van der Waals surface area contributed by atoms with Crippen LogP contribution < -0.4 is 10.0 Å². The van der Waals surface area contributed by atoms with Gasteiger partial charge in [-0.2, -0.15) is 0 Å². The van der Waals surface area contributed by atoms with Crippen LogP contribution in [0.3, 0.4) is 0 Å². The quantitative estimate of drug-likeness (QED) is 0.763. The van der Waals surface area contributed by atoms with E-state index in [2.05, 4.69) is 22.6 Å².